The van der Waals surface area contributed by atoms with E-state index in [0.717, 1.165) is 17.9 Å². The molecule has 4 nitrogen and oxygen atoms in total. The summed E-state index contributed by atoms with van der Waals surface area (Å²) in [5.74, 6) is 0.691. The summed E-state index contributed by atoms with van der Waals surface area (Å²) in [4.78, 5) is 13.3. The number of carbonyl (C=O) groups is 1. The second-order valence-electron chi connectivity index (χ2n) is 5.18. The molecular weight excluding hydrogens is 240 g/mol. The maximum absolute atomic E-state index is 11.7. The van der Waals surface area contributed by atoms with E-state index in [1.165, 1.54) is 4.90 Å². The molecule has 19 heavy (non-hydrogen) atoms. The number of rotatable bonds is 6. The molecule has 0 aromatic heterocycles. The number of hydrogen-bond acceptors (Lipinski definition) is 3. The summed E-state index contributed by atoms with van der Waals surface area (Å²) in [6.07, 6.45) is -0.469. The standard InChI is InChI=1S/C15H24N2O2/c1-11(2)16-10-13-7-6-8-14(9-13)19-12(3)15(18)17(4)5/h6-9,11-12,16H,10H2,1-5H3. The molecule has 0 aliphatic rings. The maximum Gasteiger partial charge on any atom is 0.262 e. The molecule has 1 aromatic rings. The fourth-order valence-corrected chi connectivity index (χ4v) is 1.67. The first kappa shape index (κ1) is 15.5. The van der Waals surface area contributed by atoms with Crippen LogP contribution in [0.15, 0.2) is 24.3 Å². The lowest BCUT2D eigenvalue weighted by molar-refractivity contribution is -0.135. The molecule has 1 atom stereocenters. The van der Waals surface area contributed by atoms with Crippen molar-refractivity contribution in [1.82, 2.24) is 10.2 Å². The molecule has 1 unspecified atom stereocenters. The molecule has 4 heteroatoms. The molecule has 0 spiro atoms. The minimum absolute atomic E-state index is 0.0364. The number of benzene rings is 1. The molecule has 0 heterocycles. The highest BCUT2D eigenvalue weighted by atomic mass is 16.5. The van der Waals surface area contributed by atoms with E-state index in [1.54, 1.807) is 21.0 Å². The smallest absolute Gasteiger partial charge is 0.262 e. The molecule has 0 bridgehead atoms. The van der Waals surface area contributed by atoms with Crippen LogP contribution in [0.25, 0.3) is 0 Å². The van der Waals surface area contributed by atoms with Gasteiger partial charge in [0.2, 0.25) is 0 Å². The van der Waals surface area contributed by atoms with Gasteiger partial charge in [-0.1, -0.05) is 26.0 Å². The molecule has 1 aromatic carbocycles. The van der Waals surface area contributed by atoms with Crippen molar-refractivity contribution >= 4 is 5.91 Å². The fraction of sp³-hybridized carbons (Fsp3) is 0.533. The summed E-state index contributed by atoms with van der Waals surface area (Å²) >= 11 is 0. The number of hydrogen-bond donors (Lipinski definition) is 1. The topological polar surface area (TPSA) is 41.6 Å². The molecule has 1 N–H and O–H groups in total. The number of nitrogens with zero attached hydrogens (tertiary/aromatic N) is 1. The molecule has 0 saturated heterocycles. The van der Waals surface area contributed by atoms with Crippen molar-refractivity contribution < 1.29 is 9.53 Å². The molecule has 0 saturated carbocycles. The highest BCUT2D eigenvalue weighted by Crippen LogP contribution is 2.15. The zero-order valence-corrected chi connectivity index (χ0v) is 12.4. The van der Waals surface area contributed by atoms with E-state index >= 15 is 0 Å². The number of carbonyl (C=O) groups excluding carboxylic acids is 1. The first-order chi connectivity index (χ1) is 8.90. The lowest BCUT2D eigenvalue weighted by Crippen LogP contribution is -2.35. The molecule has 0 radical (unpaired) electrons. The molecule has 0 aliphatic heterocycles. The number of likely N-dealkylation sites (N-methyl/N-ethyl adjacent to an activating group) is 1. The van der Waals surface area contributed by atoms with Gasteiger partial charge in [-0.3, -0.25) is 4.79 Å². The first-order valence-corrected chi connectivity index (χ1v) is 6.60. The quantitative estimate of drug-likeness (QED) is 0.855. The van der Waals surface area contributed by atoms with Crippen LogP contribution < -0.4 is 10.1 Å². The summed E-state index contributed by atoms with van der Waals surface area (Å²) in [7, 11) is 3.45. The largest absolute Gasteiger partial charge is 0.481 e. The summed E-state index contributed by atoms with van der Waals surface area (Å²) in [5, 5.41) is 3.35. The van der Waals surface area contributed by atoms with Crippen LogP contribution in [0.3, 0.4) is 0 Å². The van der Waals surface area contributed by atoms with Crippen LogP contribution in [-0.4, -0.2) is 37.0 Å². The summed E-state index contributed by atoms with van der Waals surface area (Å²) in [6.45, 7) is 6.78. The first-order valence-electron chi connectivity index (χ1n) is 6.60. The lowest BCUT2D eigenvalue weighted by Gasteiger charge is -2.18. The van der Waals surface area contributed by atoms with Crippen molar-refractivity contribution in [3.63, 3.8) is 0 Å². The number of nitrogens with one attached hydrogen (secondary N) is 1. The van der Waals surface area contributed by atoms with Crippen molar-refractivity contribution in [2.45, 2.75) is 39.5 Å². The second-order valence-corrected chi connectivity index (χ2v) is 5.18. The van der Waals surface area contributed by atoms with Gasteiger partial charge in [-0.15, -0.1) is 0 Å². The summed E-state index contributed by atoms with van der Waals surface area (Å²) in [5.41, 5.74) is 1.15. The Morgan fingerprint density at radius 3 is 2.58 bits per heavy atom. The average molecular weight is 264 g/mol. The Morgan fingerprint density at radius 2 is 2.00 bits per heavy atom. The van der Waals surface area contributed by atoms with Gasteiger partial charge in [0.05, 0.1) is 0 Å². The molecule has 1 rings (SSSR count). The Kier molecular flexibility index (Phi) is 5.83. The van der Waals surface area contributed by atoms with Gasteiger partial charge >= 0.3 is 0 Å². The van der Waals surface area contributed by atoms with Gasteiger partial charge in [-0.05, 0) is 24.6 Å². The normalized spacial score (nSPS) is 12.3. The van der Waals surface area contributed by atoms with Crippen LogP contribution >= 0.6 is 0 Å². The molecule has 106 valence electrons. The van der Waals surface area contributed by atoms with Crippen molar-refractivity contribution in [2.24, 2.45) is 0 Å². The highest BCUT2D eigenvalue weighted by Gasteiger charge is 2.16. The van der Waals surface area contributed by atoms with Gasteiger partial charge in [-0.2, -0.15) is 0 Å². The number of ether oxygens (including phenoxy) is 1. The fourth-order valence-electron chi connectivity index (χ4n) is 1.67. The van der Waals surface area contributed by atoms with E-state index in [2.05, 4.69) is 19.2 Å². The van der Waals surface area contributed by atoms with E-state index in [-0.39, 0.29) is 5.91 Å². The van der Waals surface area contributed by atoms with Crippen LogP contribution in [0.5, 0.6) is 5.75 Å². The van der Waals surface area contributed by atoms with Gasteiger partial charge in [0, 0.05) is 26.7 Å². The van der Waals surface area contributed by atoms with Gasteiger partial charge < -0.3 is 15.0 Å². The SMILES string of the molecule is CC(C)NCc1cccc(OC(C)C(=O)N(C)C)c1. The zero-order valence-electron chi connectivity index (χ0n) is 12.4. The van der Waals surface area contributed by atoms with Crippen molar-refractivity contribution in [3.05, 3.63) is 29.8 Å². The van der Waals surface area contributed by atoms with Crippen LogP contribution in [0.1, 0.15) is 26.3 Å². The van der Waals surface area contributed by atoms with E-state index in [9.17, 15) is 4.79 Å². The Balaban J connectivity index is 2.64. The molecule has 0 fully saturated rings. The van der Waals surface area contributed by atoms with Crippen molar-refractivity contribution in [1.29, 1.82) is 0 Å². The van der Waals surface area contributed by atoms with Gasteiger partial charge in [-0.25, -0.2) is 0 Å². The predicted octanol–water partition coefficient (Wildman–Crippen LogP) is 2.04. The minimum atomic E-state index is -0.469. The molecule has 0 aliphatic carbocycles. The third kappa shape index (κ3) is 5.30. The zero-order chi connectivity index (χ0) is 14.4. The second kappa shape index (κ2) is 7.14. The summed E-state index contributed by atoms with van der Waals surface area (Å²) < 4.78 is 5.67. The van der Waals surface area contributed by atoms with Gasteiger partial charge in [0.1, 0.15) is 5.75 Å². The van der Waals surface area contributed by atoms with Crippen LogP contribution in [0, 0.1) is 0 Å². The minimum Gasteiger partial charge on any atom is -0.481 e. The Labute approximate surface area is 115 Å². The van der Waals surface area contributed by atoms with E-state index in [4.69, 9.17) is 4.74 Å². The van der Waals surface area contributed by atoms with Crippen LogP contribution in [0.2, 0.25) is 0 Å². The van der Waals surface area contributed by atoms with Crippen molar-refractivity contribution in [2.75, 3.05) is 14.1 Å². The van der Waals surface area contributed by atoms with Crippen LogP contribution in [-0.2, 0) is 11.3 Å². The Morgan fingerprint density at radius 1 is 1.32 bits per heavy atom. The predicted molar refractivity (Wildman–Crippen MR) is 77.2 cm³/mol. The average Bonchev–Trinajstić information content (AvgIpc) is 2.35. The van der Waals surface area contributed by atoms with E-state index < -0.39 is 6.10 Å². The monoisotopic (exact) mass is 264 g/mol. The highest BCUT2D eigenvalue weighted by molar-refractivity contribution is 5.80. The van der Waals surface area contributed by atoms with Gasteiger partial charge in [0.15, 0.2) is 6.10 Å². The van der Waals surface area contributed by atoms with E-state index in [0.29, 0.717) is 6.04 Å². The lowest BCUT2D eigenvalue weighted by atomic mass is 10.2. The van der Waals surface area contributed by atoms with Gasteiger partial charge in [0.25, 0.3) is 5.91 Å². The molecule has 1 amide bonds. The van der Waals surface area contributed by atoms with Crippen molar-refractivity contribution in [3.8, 4) is 5.75 Å². The third-order valence-corrected chi connectivity index (χ3v) is 2.71. The van der Waals surface area contributed by atoms with Crippen LogP contribution in [0.4, 0.5) is 0 Å². The van der Waals surface area contributed by atoms with E-state index in [1.807, 2.05) is 24.3 Å². The Bertz CT molecular complexity index is 416. The number of amides is 1. The molecular formula is C15H24N2O2. The maximum atomic E-state index is 11.7. The third-order valence-electron chi connectivity index (χ3n) is 2.71. The summed E-state index contributed by atoms with van der Waals surface area (Å²) in [6, 6.07) is 8.27. The Hall–Kier alpha value is -1.55.